The van der Waals surface area contributed by atoms with Gasteiger partial charge in [0.2, 0.25) is 0 Å². The molecule has 1 unspecified atom stereocenters. The Hall–Kier alpha value is -0.280. The van der Waals surface area contributed by atoms with Crippen molar-refractivity contribution in [1.29, 1.82) is 0 Å². The first kappa shape index (κ1) is 30.7. The fourth-order valence-electron chi connectivity index (χ4n) is 3.11. The van der Waals surface area contributed by atoms with Crippen molar-refractivity contribution in [1.82, 2.24) is 0 Å². The third-order valence-corrected chi connectivity index (χ3v) is 6.24. The van der Waals surface area contributed by atoms with E-state index in [1.54, 1.807) is 0 Å². The van der Waals surface area contributed by atoms with Crippen molar-refractivity contribution >= 4 is 17.2 Å². The minimum Gasteiger partial charge on any atom is -0.395 e. The fourth-order valence-corrected chi connectivity index (χ4v) is 3.63. The molecule has 0 heterocycles. The Bertz CT molecular complexity index is 543. The van der Waals surface area contributed by atoms with Crippen LogP contribution in [0.15, 0.2) is 24.3 Å². The van der Waals surface area contributed by atoms with E-state index < -0.39 is 48.5 Å². The first-order chi connectivity index (χ1) is 14.8. The number of aryl methyl sites for hydroxylation is 1. The van der Waals surface area contributed by atoms with Crippen LogP contribution in [-0.4, -0.2) is 59.8 Å². The van der Waals surface area contributed by atoms with E-state index in [1.165, 1.54) is 38.5 Å². The van der Waals surface area contributed by atoms with Crippen molar-refractivity contribution in [2.24, 2.45) is 5.41 Å². The summed E-state index contributed by atoms with van der Waals surface area (Å²) < 4.78 is 3.60. The zero-order chi connectivity index (χ0) is 23.7. The van der Waals surface area contributed by atoms with Crippen LogP contribution in [0.25, 0.3) is 0 Å². The van der Waals surface area contributed by atoms with E-state index in [0.717, 1.165) is 18.4 Å². The van der Waals surface area contributed by atoms with Crippen LogP contribution in [0.5, 0.6) is 0 Å². The van der Waals surface area contributed by atoms with E-state index >= 15 is 0 Å². The molecule has 182 valence electrons. The van der Waals surface area contributed by atoms with Crippen molar-refractivity contribution in [3.63, 3.8) is 0 Å². The van der Waals surface area contributed by atoms with Gasteiger partial charge in [-0.25, -0.2) is 4.31 Å². The Morgan fingerprint density at radius 2 is 1.29 bits per heavy atom. The van der Waals surface area contributed by atoms with Crippen LogP contribution in [0.2, 0.25) is 0 Å². The number of benzene rings is 1. The van der Waals surface area contributed by atoms with E-state index in [0.29, 0.717) is 5.56 Å². The summed E-state index contributed by atoms with van der Waals surface area (Å²) in [5.74, 6) is 0. The molecule has 0 radical (unpaired) electrons. The second-order valence-electron chi connectivity index (χ2n) is 7.40. The predicted octanol–water partition coefficient (Wildman–Crippen LogP) is 2.40. The van der Waals surface area contributed by atoms with Crippen molar-refractivity contribution in [3.8, 4) is 0 Å². The van der Waals surface area contributed by atoms with Gasteiger partial charge in [-0.1, -0.05) is 69.7 Å². The highest BCUT2D eigenvalue weighted by molar-refractivity contribution is 7.53. The van der Waals surface area contributed by atoms with Crippen molar-refractivity contribution in [3.05, 3.63) is 35.4 Å². The molecule has 9 nitrogen and oxygen atoms in total. The molecule has 8 N–H and O–H groups in total. The molecular weight excluding hydrogens is 446 g/mol. The Balaban J connectivity index is 0.00000110. The minimum atomic E-state index is -2.61. The zero-order valence-electron chi connectivity index (χ0n) is 18.0. The zero-order valence-corrected chi connectivity index (χ0v) is 19.8. The molecule has 0 spiro atoms. The lowest BCUT2D eigenvalue weighted by Gasteiger charge is -2.34. The molecule has 0 aromatic heterocycles. The SMILES string of the molecule is CCCCCCCCCc1ccccc1C(O)C(CO)(CO)CO.OP(O)OP(O)O. The summed E-state index contributed by atoms with van der Waals surface area (Å²) in [6, 6.07) is 7.57. The number of hydrogen-bond acceptors (Lipinski definition) is 9. The third kappa shape index (κ3) is 12.5. The fraction of sp³-hybridized carbons (Fsp3) is 0.700. The number of unbranched alkanes of at least 4 members (excludes halogenated alkanes) is 6. The van der Waals surface area contributed by atoms with E-state index in [2.05, 4.69) is 11.2 Å². The van der Waals surface area contributed by atoms with Gasteiger partial charge in [0, 0.05) is 0 Å². The maximum atomic E-state index is 10.6. The van der Waals surface area contributed by atoms with E-state index in [1.807, 2.05) is 24.3 Å². The molecule has 0 aliphatic carbocycles. The van der Waals surface area contributed by atoms with Gasteiger partial charge in [-0.3, -0.25) is 0 Å². The summed E-state index contributed by atoms with van der Waals surface area (Å²) in [6.45, 7) is 0.820. The van der Waals surface area contributed by atoms with Gasteiger partial charge in [0.1, 0.15) is 0 Å². The topological polar surface area (TPSA) is 171 Å². The molecule has 1 rings (SSSR count). The van der Waals surface area contributed by atoms with Crippen LogP contribution < -0.4 is 0 Å². The first-order valence-corrected chi connectivity index (χ1v) is 12.7. The molecule has 11 heteroatoms. The van der Waals surface area contributed by atoms with Gasteiger partial charge in [0.25, 0.3) is 0 Å². The normalized spacial score (nSPS) is 12.7. The second-order valence-corrected chi connectivity index (χ2v) is 9.06. The lowest BCUT2D eigenvalue weighted by atomic mass is 9.79. The molecule has 1 atom stereocenters. The second kappa shape index (κ2) is 18.2. The maximum absolute atomic E-state index is 10.6. The Labute approximate surface area is 187 Å². The highest BCUT2D eigenvalue weighted by Crippen LogP contribution is 2.41. The van der Waals surface area contributed by atoms with Crippen LogP contribution in [0.1, 0.15) is 69.1 Å². The molecular formula is C20H38O9P2. The monoisotopic (exact) mass is 484 g/mol. The molecule has 0 fully saturated rings. The van der Waals surface area contributed by atoms with Crippen LogP contribution in [0.4, 0.5) is 0 Å². The van der Waals surface area contributed by atoms with Crippen LogP contribution >= 0.6 is 17.2 Å². The summed E-state index contributed by atoms with van der Waals surface area (Å²) >= 11 is 0. The van der Waals surface area contributed by atoms with E-state index in [-0.39, 0.29) is 0 Å². The summed E-state index contributed by atoms with van der Waals surface area (Å²) in [6.07, 6.45) is 8.38. The molecule has 1 aromatic carbocycles. The van der Waals surface area contributed by atoms with Gasteiger partial charge >= 0.3 is 17.2 Å². The van der Waals surface area contributed by atoms with E-state index in [9.17, 15) is 20.4 Å². The number of aliphatic hydroxyl groups is 4. The summed E-state index contributed by atoms with van der Waals surface area (Å²) in [5.41, 5.74) is 0.412. The standard InChI is InChI=1S/C20H34O4.H4O5P2/c1-2-3-4-5-6-7-8-11-17-12-9-10-13-18(17)19(24)20(14-21,15-22)16-23;1-6(2)5-7(3)4/h9-10,12-13,19,21-24H,2-8,11,14-16H2,1H3;1-4H. The average Bonchev–Trinajstić information content (AvgIpc) is 2.74. The van der Waals surface area contributed by atoms with Gasteiger partial charge in [-0.2, -0.15) is 0 Å². The summed E-state index contributed by atoms with van der Waals surface area (Å²) in [4.78, 5) is 31.3. The van der Waals surface area contributed by atoms with Gasteiger partial charge in [-0.15, -0.1) is 0 Å². The first-order valence-electron chi connectivity index (χ1n) is 10.4. The lowest BCUT2D eigenvalue weighted by molar-refractivity contribution is -0.0855. The smallest absolute Gasteiger partial charge is 0.334 e. The summed E-state index contributed by atoms with van der Waals surface area (Å²) in [5, 5.41) is 39.2. The van der Waals surface area contributed by atoms with Gasteiger partial charge < -0.3 is 40.0 Å². The highest BCUT2D eigenvalue weighted by atomic mass is 31.2. The minimum absolute atomic E-state index is 0.465. The highest BCUT2D eigenvalue weighted by Gasteiger charge is 2.38. The van der Waals surface area contributed by atoms with Gasteiger partial charge in [0.15, 0.2) is 0 Å². The van der Waals surface area contributed by atoms with Crippen LogP contribution in [0.3, 0.4) is 0 Å². The molecule has 0 saturated carbocycles. The molecule has 1 aromatic rings. The van der Waals surface area contributed by atoms with Crippen LogP contribution in [0, 0.1) is 5.41 Å². The lowest BCUT2D eigenvalue weighted by Crippen LogP contribution is -2.40. The molecule has 0 amide bonds. The molecule has 31 heavy (non-hydrogen) atoms. The van der Waals surface area contributed by atoms with Crippen LogP contribution in [-0.2, 0) is 10.7 Å². The average molecular weight is 484 g/mol. The Kier molecular flexibility index (Phi) is 18.0. The molecule has 0 aliphatic heterocycles. The quantitative estimate of drug-likeness (QED) is 0.137. The van der Waals surface area contributed by atoms with Crippen molar-refractivity contribution in [2.75, 3.05) is 19.8 Å². The predicted molar refractivity (Wildman–Crippen MR) is 121 cm³/mol. The molecule has 0 aliphatic rings. The Morgan fingerprint density at radius 3 is 1.74 bits per heavy atom. The van der Waals surface area contributed by atoms with Gasteiger partial charge in [-0.05, 0) is 24.0 Å². The largest absolute Gasteiger partial charge is 0.395 e. The van der Waals surface area contributed by atoms with Crippen molar-refractivity contribution in [2.45, 2.75) is 64.4 Å². The van der Waals surface area contributed by atoms with Crippen molar-refractivity contribution < 1.29 is 44.3 Å². The number of rotatable bonds is 15. The Morgan fingerprint density at radius 1 is 0.806 bits per heavy atom. The molecule has 0 saturated heterocycles. The van der Waals surface area contributed by atoms with E-state index in [4.69, 9.17) is 19.6 Å². The number of hydrogen-bond donors (Lipinski definition) is 8. The van der Waals surface area contributed by atoms with Gasteiger partial charge in [0.05, 0.1) is 31.3 Å². The third-order valence-electron chi connectivity index (χ3n) is 5.07. The summed E-state index contributed by atoms with van der Waals surface area (Å²) in [7, 11) is -5.22. The molecule has 0 bridgehead atoms. The number of aliphatic hydroxyl groups excluding tert-OH is 4. The maximum Gasteiger partial charge on any atom is 0.334 e.